The summed E-state index contributed by atoms with van der Waals surface area (Å²) < 4.78 is 0. The molecule has 3 atom stereocenters. The van der Waals surface area contributed by atoms with E-state index in [4.69, 9.17) is 0 Å². The normalized spacial score (nSPS) is 27.6. The number of aliphatic hydroxyl groups is 1. The Morgan fingerprint density at radius 1 is 1.03 bits per heavy atom. The lowest BCUT2D eigenvalue weighted by atomic mass is 9.89. The average molecular weight is 458 g/mol. The number of carbonyl (C=O) groups excluding carboxylic acids is 1. The standard InChI is InChI=1S/C23H35N3O2.2ClH/c27-22(19-4-2-1-3-5-19)16-26-10-8-17(9-11-26)15-24-23(28)14-18-12-20-6-7-21(13-18)25-20;;/h1-5,17-18,20-22,25,27H,6-16H2,(H,24,28);2*1H. The molecule has 170 valence electrons. The molecule has 2 bridgehead atoms. The maximum absolute atomic E-state index is 12.4. The predicted molar refractivity (Wildman–Crippen MR) is 125 cm³/mol. The van der Waals surface area contributed by atoms with Crippen molar-refractivity contribution in [1.82, 2.24) is 15.5 Å². The summed E-state index contributed by atoms with van der Waals surface area (Å²) in [6.45, 7) is 3.51. The largest absolute Gasteiger partial charge is 0.387 e. The number of amides is 1. The third kappa shape index (κ3) is 7.10. The fraction of sp³-hybridized carbons (Fsp3) is 0.696. The SMILES string of the molecule is Cl.Cl.O=C(CC1CC2CCC(C1)N2)NCC1CCN(CC(O)c2ccccc2)CC1. The number of fused-ring (bicyclic) bond motifs is 2. The van der Waals surface area contributed by atoms with Crippen LogP contribution in [0.15, 0.2) is 30.3 Å². The van der Waals surface area contributed by atoms with Crippen LogP contribution >= 0.6 is 24.8 Å². The molecule has 0 radical (unpaired) electrons. The Hall–Kier alpha value is -0.850. The van der Waals surface area contributed by atoms with Crippen molar-refractivity contribution in [3.63, 3.8) is 0 Å². The Morgan fingerprint density at radius 3 is 2.30 bits per heavy atom. The number of halogens is 2. The summed E-state index contributed by atoms with van der Waals surface area (Å²) >= 11 is 0. The van der Waals surface area contributed by atoms with Crippen LogP contribution in [0.4, 0.5) is 0 Å². The van der Waals surface area contributed by atoms with E-state index in [-0.39, 0.29) is 30.7 Å². The van der Waals surface area contributed by atoms with Gasteiger partial charge in [0.2, 0.25) is 5.91 Å². The van der Waals surface area contributed by atoms with Crippen LogP contribution in [0.2, 0.25) is 0 Å². The van der Waals surface area contributed by atoms with E-state index >= 15 is 0 Å². The van der Waals surface area contributed by atoms with Crippen molar-refractivity contribution in [3.05, 3.63) is 35.9 Å². The van der Waals surface area contributed by atoms with Crippen molar-refractivity contribution in [2.24, 2.45) is 11.8 Å². The molecule has 3 heterocycles. The van der Waals surface area contributed by atoms with Gasteiger partial charge < -0.3 is 20.6 Å². The number of nitrogens with one attached hydrogen (secondary N) is 2. The van der Waals surface area contributed by atoms with E-state index in [1.807, 2.05) is 30.3 Å². The van der Waals surface area contributed by atoms with Gasteiger partial charge in [0.25, 0.3) is 0 Å². The van der Waals surface area contributed by atoms with Crippen molar-refractivity contribution in [2.75, 3.05) is 26.2 Å². The third-order valence-electron chi connectivity index (χ3n) is 6.96. The minimum absolute atomic E-state index is 0. The Balaban J connectivity index is 0.00000160. The molecule has 3 aliphatic heterocycles. The first-order valence-corrected chi connectivity index (χ1v) is 11.1. The topological polar surface area (TPSA) is 64.6 Å². The first kappa shape index (κ1) is 25.4. The van der Waals surface area contributed by atoms with Crippen LogP contribution < -0.4 is 10.6 Å². The van der Waals surface area contributed by atoms with Gasteiger partial charge >= 0.3 is 0 Å². The van der Waals surface area contributed by atoms with Gasteiger partial charge in [0.15, 0.2) is 0 Å². The number of hydrogen-bond donors (Lipinski definition) is 3. The van der Waals surface area contributed by atoms with Crippen LogP contribution in [0.1, 0.15) is 56.6 Å². The van der Waals surface area contributed by atoms with Crippen LogP contribution in [0, 0.1) is 11.8 Å². The molecule has 3 saturated heterocycles. The fourth-order valence-corrected chi connectivity index (χ4v) is 5.33. The van der Waals surface area contributed by atoms with Crippen LogP contribution in [0.3, 0.4) is 0 Å². The summed E-state index contributed by atoms with van der Waals surface area (Å²) in [4.78, 5) is 14.7. The zero-order valence-corrected chi connectivity index (χ0v) is 19.3. The maximum atomic E-state index is 12.4. The van der Waals surface area contributed by atoms with Crippen LogP contribution in [-0.4, -0.2) is 54.2 Å². The molecule has 0 spiro atoms. The molecular weight excluding hydrogens is 421 g/mol. The van der Waals surface area contributed by atoms with Gasteiger partial charge in [-0.05, 0) is 69.0 Å². The number of benzene rings is 1. The first-order valence-electron chi connectivity index (χ1n) is 11.1. The molecule has 0 aliphatic carbocycles. The number of piperidine rings is 2. The molecular formula is C23H37Cl2N3O2. The number of aliphatic hydroxyl groups excluding tert-OH is 1. The molecule has 0 saturated carbocycles. The van der Waals surface area contributed by atoms with Crippen molar-refractivity contribution < 1.29 is 9.90 Å². The van der Waals surface area contributed by atoms with Gasteiger partial charge in [0, 0.05) is 31.6 Å². The van der Waals surface area contributed by atoms with Gasteiger partial charge in [-0.25, -0.2) is 0 Å². The number of β-amino-alcohol motifs (C(OH)–C–C–N with tert-alkyl or cyclic N) is 1. The van der Waals surface area contributed by atoms with Gasteiger partial charge in [-0.1, -0.05) is 30.3 Å². The molecule has 3 unspecified atom stereocenters. The highest BCUT2D eigenvalue weighted by Crippen LogP contribution is 2.32. The highest BCUT2D eigenvalue weighted by Gasteiger charge is 2.34. The maximum Gasteiger partial charge on any atom is 0.220 e. The molecule has 1 amide bonds. The molecule has 3 aliphatic rings. The molecule has 4 rings (SSSR count). The Labute approximate surface area is 193 Å². The molecule has 3 N–H and O–H groups in total. The van der Waals surface area contributed by atoms with Crippen molar-refractivity contribution >= 4 is 30.7 Å². The lowest BCUT2D eigenvalue weighted by Crippen LogP contribution is -2.42. The van der Waals surface area contributed by atoms with Gasteiger partial charge in [-0.2, -0.15) is 0 Å². The molecule has 0 aromatic heterocycles. The van der Waals surface area contributed by atoms with E-state index in [1.165, 1.54) is 25.7 Å². The lowest BCUT2D eigenvalue weighted by Gasteiger charge is -2.33. The van der Waals surface area contributed by atoms with E-state index in [0.29, 0.717) is 36.9 Å². The zero-order valence-electron chi connectivity index (χ0n) is 17.7. The smallest absolute Gasteiger partial charge is 0.220 e. The zero-order chi connectivity index (χ0) is 19.3. The second-order valence-electron chi connectivity index (χ2n) is 9.15. The molecule has 3 fully saturated rings. The minimum Gasteiger partial charge on any atom is -0.387 e. The minimum atomic E-state index is -0.419. The molecule has 1 aromatic carbocycles. The van der Waals surface area contributed by atoms with Crippen LogP contribution in [0.5, 0.6) is 0 Å². The Bertz CT molecular complexity index is 629. The molecule has 7 heteroatoms. The number of nitrogens with zero attached hydrogens (tertiary/aromatic N) is 1. The monoisotopic (exact) mass is 457 g/mol. The Kier molecular flexibility index (Phi) is 10.4. The van der Waals surface area contributed by atoms with Crippen molar-refractivity contribution in [2.45, 2.75) is 63.1 Å². The van der Waals surface area contributed by atoms with Crippen molar-refractivity contribution in [1.29, 1.82) is 0 Å². The van der Waals surface area contributed by atoms with Gasteiger partial charge in [-0.15, -0.1) is 24.8 Å². The van der Waals surface area contributed by atoms with Crippen LogP contribution in [0.25, 0.3) is 0 Å². The highest BCUT2D eigenvalue weighted by molar-refractivity contribution is 5.85. The summed E-state index contributed by atoms with van der Waals surface area (Å²) in [5, 5.41) is 17.3. The van der Waals surface area contributed by atoms with Crippen molar-refractivity contribution in [3.8, 4) is 0 Å². The summed E-state index contributed by atoms with van der Waals surface area (Å²) in [5.41, 5.74) is 0.989. The first-order chi connectivity index (χ1) is 13.7. The fourth-order valence-electron chi connectivity index (χ4n) is 5.33. The van der Waals surface area contributed by atoms with E-state index in [9.17, 15) is 9.90 Å². The number of hydrogen-bond acceptors (Lipinski definition) is 4. The summed E-state index contributed by atoms with van der Waals surface area (Å²) in [7, 11) is 0. The lowest BCUT2D eigenvalue weighted by molar-refractivity contribution is -0.122. The highest BCUT2D eigenvalue weighted by atomic mass is 35.5. The summed E-state index contributed by atoms with van der Waals surface area (Å²) in [6, 6.07) is 11.2. The average Bonchev–Trinajstić information content (AvgIpc) is 3.06. The van der Waals surface area contributed by atoms with Gasteiger partial charge in [0.1, 0.15) is 0 Å². The van der Waals surface area contributed by atoms with Gasteiger partial charge in [-0.3, -0.25) is 4.79 Å². The number of rotatable bonds is 7. The number of likely N-dealkylation sites (tertiary alicyclic amines) is 1. The van der Waals surface area contributed by atoms with E-state index in [0.717, 1.165) is 38.0 Å². The van der Waals surface area contributed by atoms with E-state index in [1.54, 1.807) is 0 Å². The predicted octanol–water partition coefficient (Wildman–Crippen LogP) is 3.31. The summed E-state index contributed by atoms with van der Waals surface area (Å²) in [6.07, 6.45) is 7.41. The summed E-state index contributed by atoms with van der Waals surface area (Å²) in [5.74, 6) is 1.38. The van der Waals surface area contributed by atoms with Crippen LogP contribution in [-0.2, 0) is 4.79 Å². The van der Waals surface area contributed by atoms with E-state index in [2.05, 4.69) is 15.5 Å². The third-order valence-corrected chi connectivity index (χ3v) is 6.96. The molecule has 1 aromatic rings. The quantitative estimate of drug-likeness (QED) is 0.587. The molecule has 30 heavy (non-hydrogen) atoms. The second kappa shape index (κ2) is 12.3. The second-order valence-corrected chi connectivity index (χ2v) is 9.15. The Morgan fingerprint density at radius 2 is 1.67 bits per heavy atom. The molecule has 5 nitrogen and oxygen atoms in total. The van der Waals surface area contributed by atoms with E-state index < -0.39 is 6.10 Å². The van der Waals surface area contributed by atoms with Gasteiger partial charge in [0.05, 0.1) is 6.10 Å². The number of carbonyl (C=O) groups is 1.